The number of carbonyl (C=O) groups excluding carboxylic acids is 2. The molecule has 1 amide bonds. The Kier molecular flexibility index (Phi) is 5.94. The molecule has 0 heterocycles. The molecule has 0 unspecified atom stereocenters. The van der Waals surface area contributed by atoms with E-state index in [2.05, 4.69) is 5.32 Å². The molecule has 2 aromatic rings. The quantitative estimate of drug-likeness (QED) is 0.823. The van der Waals surface area contributed by atoms with Gasteiger partial charge in [-0.05, 0) is 30.3 Å². The third kappa shape index (κ3) is 5.60. The Labute approximate surface area is 137 Å². The van der Waals surface area contributed by atoms with Gasteiger partial charge in [0.2, 0.25) is 0 Å². The minimum absolute atomic E-state index is 0.276. The van der Waals surface area contributed by atoms with Crippen molar-refractivity contribution in [3.8, 4) is 5.75 Å². The van der Waals surface area contributed by atoms with Crippen molar-refractivity contribution >= 4 is 29.2 Å². The monoisotopic (exact) mass is 337 g/mol. The fourth-order valence-electron chi connectivity index (χ4n) is 1.65. The zero-order valence-corrected chi connectivity index (χ0v) is 12.7. The number of rotatable bonds is 6. The summed E-state index contributed by atoms with van der Waals surface area (Å²) in [5.74, 6) is -1.44. The molecule has 0 aliphatic rings. The van der Waals surface area contributed by atoms with Crippen LogP contribution in [0, 0.1) is 5.82 Å². The minimum Gasteiger partial charge on any atom is -0.480 e. The molecule has 7 heteroatoms. The third-order valence-electron chi connectivity index (χ3n) is 2.65. The first-order valence-electron chi connectivity index (χ1n) is 6.63. The van der Waals surface area contributed by atoms with Gasteiger partial charge in [-0.25, -0.2) is 9.18 Å². The van der Waals surface area contributed by atoms with Crippen molar-refractivity contribution in [3.05, 3.63) is 59.4 Å². The maximum atomic E-state index is 13.0. The van der Waals surface area contributed by atoms with Gasteiger partial charge in [0.15, 0.2) is 13.2 Å². The number of halogens is 2. The zero-order valence-electron chi connectivity index (χ0n) is 11.9. The number of anilines is 1. The van der Waals surface area contributed by atoms with Gasteiger partial charge in [-0.2, -0.15) is 0 Å². The van der Waals surface area contributed by atoms with E-state index in [0.29, 0.717) is 10.8 Å². The van der Waals surface area contributed by atoms with Crippen molar-refractivity contribution in [1.29, 1.82) is 0 Å². The van der Waals surface area contributed by atoms with Crippen LogP contribution in [0.4, 0.5) is 10.1 Å². The van der Waals surface area contributed by atoms with E-state index >= 15 is 0 Å². The topological polar surface area (TPSA) is 64.6 Å². The first kappa shape index (κ1) is 16.8. The van der Waals surface area contributed by atoms with Crippen LogP contribution in [0.3, 0.4) is 0 Å². The molecular weight excluding hydrogens is 325 g/mol. The fourth-order valence-corrected chi connectivity index (χ4v) is 1.84. The zero-order chi connectivity index (χ0) is 16.7. The van der Waals surface area contributed by atoms with Gasteiger partial charge in [0.25, 0.3) is 5.91 Å². The summed E-state index contributed by atoms with van der Waals surface area (Å²) >= 11 is 5.87. The number of hydrogen-bond acceptors (Lipinski definition) is 4. The first-order chi connectivity index (χ1) is 11.0. The first-order valence-corrected chi connectivity index (χ1v) is 7.01. The Morgan fingerprint density at radius 2 is 1.87 bits per heavy atom. The molecule has 0 bridgehead atoms. The summed E-state index contributed by atoms with van der Waals surface area (Å²) in [6, 6.07) is 12.0. The van der Waals surface area contributed by atoms with Crippen LogP contribution in [-0.2, 0) is 14.3 Å². The molecule has 120 valence electrons. The number of benzene rings is 2. The normalized spacial score (nSPS) is 10.0. The van der Waals surface area contributed by atoms with E-state index in [1.54, 1.807) is 24.3 Å². The summed E-state index contributed by atoms with van der Waals surface area (Å²) in [7, 11) is 0. The maximum Gasteiger partial charge on any atom is 0.344 e. The molecule has 0 fully saturated rings. The van der Waals surface area contributed by atoms with Gasteiger partial charge in [0.1, 0.15) is 11.6 Å². The standard InChI is InChI=1S/C16H13ClFNO4/c17-13-6-1-2-7-14(13)22-10-16(21)23-9-15(20)19-12-5-3-4-11(18)8-12/h1-8H,9-10H2,(H,19,20). The van der Waals surface area contributed by atoms with Crippen molar-refractivity contribution in [2.75, 3.05) is 18.5 Å². The molecule has 0 saturated heterocycles. The highest BCUT2D eigenvalue weighted by atomic mass is 35.5. The predicted molar refractivity (Wildman–Crippen MR) is 82.9 cm³/mol. The summed E-state index contributed by atoms with van der Waals surface area (Å²) in [5.41, 5.74) is 0.276. The number of ether oxygens (including phenoxy) is 2. The molecule has 0 aromatic heterocycles. The molecule has 2 rings (SSSR count). The molecule has 0 atom stereocenters. The summed E-state index contributed by atoms with van der Waals surface area (Å²) in [6.07, 6.45) is 0. The second-order valence-electron chi connectivity index (χ2n) is 4.44. The van der Waals surface area contributed by atoms with Crippen LogP contribution >= 0.6 is 11.6 Å². The molecule has 0 radical (unpaired) electrons. The third-order valence-corrected chi connectivity index (χ3v) is 2.97. The second-order valence-corrected chi connectivity index (χ2v) is 4.85. The lowest BCUT2D eigenvalue weighted by Gasteiger charge is -2.08. The van der Waals surface area contributed by atoms with Crippen LogP contribution in [-0.4, -0.2) is 25.1 Å². The molecule has 5 nitrogen and oxygen atoms in total. The average Bonchev–Trinajstić information content (AvgIpc) is 2.52. The van der Waals surface area contributed by atoms with Gasteiger partial charge < -0.3 is 14.8 Å². The smallest absolute Gasteiger partial charge is 0.344 e. The molecule has 1 N–H and O–H groups in total. The van der Waals surface area contributed by atoms with Crippen molar-refractivity contribution in [2.45, 2.75) is 0 Å². The molecule has 0 aliphatic carbocycles. The van der Waals surface area contributed by atoms with Gasteiger partial charge in [0, 0.05) is 5.69 Å². The average molecular weight is 338 g/mol. The Bertz CT molecular complexity index is 708. The predicted octanol–water partition coefficient (Wildman–Crippen LogP) is 3.04. The molecule has 23 heavy (non-hydrogen) atoms. The largest absolute Gasteiger partial charge is 0.480 e. The van der Waals surface area contributed by atoms with Crippen molar-refractivity contribution in [3.63, 3.8) is 0 Å². The summed E-state index contributed by atoms with van der Waals surface area (Å²) in [5, 5.41) is 2.77. The number of esters is 1. The van der Waals surface area contributed by atoms with E-state index in [4.69, 9.17) is 21.1 Å². The molecule has 2 aromatic carbocycles. The summed E-state index contributed by atoms with van der Waals surface area (Å²) in [4.78, 5) is 23.1. The van der Waals surface area contributed by atoms with Crippen LogP contribution in [0.1, 0.15) is 0 Å². The van der Waals surface area contributed by atoms with Crippen LogP contribution in [0.25, 0.3) is 0 Å². The molecule has 0 aliphatic heterocycles. The Balaban J connectivity index is 1.74. The van der Waals surface area contributed by atoms with Crippen molar-refractivity contribution in [1.82, 2.24) is 0 Å². The van der Waals surface area contributed by atoms with E-state index in [0.717, 1.165) is 6.07 Å². The van der Waals surface area contributed by atoms with Crippen LogP contribution < -0.4 is 10.1 Å². The Hall–Kier alpha value is -2.60. The van der Waals surface area contributed by atoms with E-state index in [-0.39, 0.29) is 12.3 Å². The molecule has 0 saturated carbocycles. The Morgan fingerprint density at radius 3 is 2.61 bits per heavy atom. The van der Waals surface area contributed by atoms with Gasteiger partial charge in [0.05, 0.1) is 5.02 Å². The lowest BCUT2D eigenvalue weighted by molar-refractivity contribution is -0.149. The number of nitrogens with one attached hydrogen (secondary N) is 1. The van der Waals surface area contributed by atoms with E-state index < -0.39 is 24.3 Å². The minimum atomic E-state index is -0.723. The second kappa shape index (κ2) is 8.14. The number of amides is 1. The van der Waals surface area contributed by atoms with E-state index in [1.165, 1.54) is 18.2 Å². The Morgan fingerprint density at radius 1 is 1.09 bits per heavy atom. The number of hydrogen-bond donors (Lipinski definition) is 1. The van der Waals surface area contributed by atoms with Crippen LogP contribution in [0.15, 0.2) is 48.5 Å². The summed E-state index contributed by atoms with van der Waals surface area (Å²) < 4.78 is 22.9. The van der Waals surface area contributed by atoms with Gasteiger partial charge in [-0.3, -0.25) is 4.79 Å². The lowest BCUT2D eigenvalue weighted by atomic mass is 10.3. The van der Waals surface area contributed by atoms with Gasteiger partial charge in [-0.15, -0.1) is 0 Å². The number of para-hydroxylation sites is 1. The maximum absolute atomic E-state index is 13.0. The van der Waals surface area contributed by atoms with Crippen molar-refractivity contribution < 1.29 is 23.5 Å². The van der Waals surface area contributed by atoms with Gasteiger partial charge >= 0.3 is 5.97 Å². The fraction of sp³-hybridized carbons (Fsp3) is 0.125. The molecular formula is C16H13ClFNO4. The number of carbonyl (C=O) groups is 2. The van der Waals surface area contributed by atoms with Crippen molar-refractivity contribution in [2.24, 2.45) is 0 Å². The highest BCUT2D eigenvalue weighted by molar-refractivity contribution is 6.32. The van der Waals surface area contributed by atoms with Gasteiger partial charge in [-0.1, -0.05) is 29.8 Å². The summed E-state index contributed by atoms with van der Waals surface area (Å²) in [6.45, 7) is -0.877. The highest BCUT2D eigenvalue weighted by Gasteiger charge is 2.10. The van der Waals surface area contributed by atoms with Crippen LogP contribution in [0.2, 0.25) is 5.02 Å². The molecule has 0 spiro atoms. The van der Waals surface area contributed by atoms with Crippen LogP contribution in [0.5, 0.6) is 5.75 Å². The SMILES string of the molecule is O=C(COC(=O)COc1ccccc1Cl)Nc1cccc(F)c1. The highest BCUT2D eigenvalue weighted by Crippen LogP contribution is 2.22. The van der Waals surface area contributed by atoms with E-state index in [9.17, 15) is 14.0 Å². The lowest BCUT2D eigenvalue weighted by Crippen LogP contribution is -2.23. The van der Waals surface area contributed by atoms with E-state index in [1.807, 2.05) is 0 Å².